The van der Waals surface area contributed by atoms with Crippen molar-refractivity contribution in [2.45, 2.75) is 6.18 Å². The second-order valence-corrected chi connectivity index (χ2v) is 5.99. The molecule has 0 spiro atoms. The number of fused-ring (bicyclic) bond motifs is 2. The maximum Gasteiger partial charge on any atom is 0.422 e. The van der Waals surface area contributed by atoms with Crippen LogP contribution in [0.25, 0.3) is 16.6 Å². The predicted molar refractivity (Wildman–Crippen MR) is 90.7 cm³/mol. The van der Waals surface area contributed by atoms with E-state index in [9.17, 15) is 26.7 Å². The van der Waals surface area contributed by atoms with Gasteiger partial charge in [-0.15, -0.1) is 0 Å². The fraction of sp³-hybridized carbons (Fsp3) is 0.118. The smallest absolute Gasteiger partial charge is 0.422 e. The van der Waals surface area contributed by atoms with Crippen LogP contribution in [0.1, 0.15) is 10.4 Å². The maximum absolute atomic E-state index is 13.5. The summed E-state index contributed by atoms with van der Waals surface area (Å²) in [6, 6.07) is 1.90. The molecule has 7 nitrogen and oxygen atoms in total. The van der Waals surface area contributed by atoms with Crippen LogP contribution >= 0.6 is 0 Å². The van der Waals surface area contributed by atoms with Gasteiger partial charge in [0.1, 0.15) is 5.56 Å². The first-order chi connectivity index (χ1) is 13.7. The molecule has 1 amide bonds. The monoisotopic (exact) mass is 411 g/mol. The van der Waals surface area contributed by atoms with Gasteiger partial charge >= 0.3 is 6.18 Å². The van der Waals surface area contributed by atoms with Crippen LogP contribution in [-0.2, 0) is 0 Å². The summed E-state index contributed by atoms with van der Waals surface area (Å²) in [4.78, 5) is 19.2. The van der Waals surface area contributed by atoms with Crippen LogP contribution in [0, 0.1) is 11.6 Å². The Labute approximate surface area is 158 Å². The van der Waals surface area contributed by atoms with Crippen LogP contribution < -0.4 is 10.1 Å². The highest BCUT2D eigenvalue weighted by Gasteiger charge is 2.28. The van der Waals surface area contributed by atoms with E-state index >= 15 is 0 Å². The Morgan fingerprint density at radius 1 is 1.21 bits per heavy atom. The van der Waals surface area contributed by atoms with Gasteiger partial charge in [-0.2, -0.15) is 18.3 Å². The third-order valence-corrected chi connectivity index (χ3v) is 3.95. The number of alkyl halides is 3. The predicted octanol–water partition coefficient (Wildman–Crippen LogP) is 3.68. The third kappa shape index (κ3) is 3.68. The lowest BCUT2D eigenvalue weighted by Gasteiger charge is -2.08. The summed E-state index contributed by atoms with van der Waals surface area (Å²) in [7, 11) is 0. The summed E-state index contributed by atoms with van der Waals surface area (Å²) in [5.74, 6) is -2.94. The minimum Gasteiger partial charge on any atom is -0.481 e. The molecule has 150 valence electrons. The largest absolute Gasteiger partial charge is 0.481 e. The minimum atomic E-state index is -4.51. The zero-order chi connectivity index (χ0) is 20.8. The van der Waals surface area contributed by atoms with E-state index in [1.165, 1.54) is 12.4 Å². The van der Waals surface area contributed by atoms with Crippen molar-refractivity contribution in [2.75, 3.05) is 11.9 Å². The Kier molecular flexibility index (Phi) is 4.32. The average Bonchev–Trinajstić information content (AvgIpc) is 3.24. The Morgan fingerprint density at radius 3 is 2.72 bits per heavy atom. The van der Waals surface area contributed by atoms with Gasteiger partial charge in [-0.1, -0.05) is 0 Å². The van der Waals surface area contributed by atoms with Crippen molar-refractivity contribution >= 4 is 28.1 Å². The summed E-state index contributed by atoms with van der Waals surface area (Å²) >= 11 is 0. The first-order valence-corrected chi connectivity index (χ1v) is 8.02. The summed E-state index contributed by atoms with van der Waals surface area (Å²) in [5.41, 5.74) is 0.570. The molecular formula is C17H10F5N5O2. The molecule has 12 heteroatoms. The van der Waals surface area contributed by atoms with Gasteiger partial charge in [-0.3, -0.25) is 4.79 Å². The summed E-state index contributed by atoms with van der Waals surface area (Å²) < 4.78 is 69.2. The van der Waals surface area contributed by atoms with E-state index in [2.05, 4.69) is 25.1 Å². The van der Waals surface area contributed by atoms with Gasteiger partial charge < -0.3 is 15.0 Å². The van der Waals surface area contributed by atoms with E-state index in [0.29, 0.717) is 0 Å². The van der Waals surface area contributed by atoms with E-state index in [-0.39, 0.29) is 33.6 Å². The SMILES string of the molecule is O=C(Nc1c[nH]c2cc(F)c(F)cc12)c1cnn2cc(OCC(F)(F)F)cnc12. The first-order valence-electron chi connectivity index (χ1n) is 8.02. The molecular weight excluding hydrogens is 401 g/mol. The lowest BCUT2D eigenvalue weighted by molar-refractivity contribution is -0.153. The highest BCUT2D eigenvalue weighted by atomic mass is 19.4. The summed E-state index contributed by atoms with van der Waals surface area (Å²) in [6.45, 7) is -1.49. The number of aromatic amines is 1. The summed E-state index contributed by atoms with van der Waals surface area (Å²) in [6.07, 6.45) is 0.202. The van der Waals surface area contributed by atoms with Crippen LogP contribution in [0.5, 0.6) is 5.75 Å². The van der Waals surface area contributed by atoms with Gasteiger partial charge in [0.05, 0.1) is 29.8 Å². The topological polar surface area (TPSA) is 84.3 Å². The van der Waals surface area contributed by atoms with E-state index in [1.54, 1.807) is 0 Å². The van der Waals surface area contributed by atoms with Gasteiger partial charge in [0.25, 0.3) is 5.91 Å². The number of anilines is 1. The number of hydrogen-bond donors (Lipinski definition) is 2. The number of amides is 1. The third-order valence-electron chi connectivity index (χ3n) is 3.95. The number of ether oxygens (including phenoxy) is 1. The standard InChI is InChI=1S/C17H10F5N5O2/c18-11-1-9-13(2-12(11)19)23-5-14(9)26-16(28)10-4-25-27-6-8(3-24-15(10)27)29-7-17(20,21)22/h1-6,23H,7H2,(H,26,28). The van der Waals surface area contributed by atoms with Crippen molar-refractivity contribution in [3.05, 3.63) is 54.1 Å². The fourth-order valence-electron chi connectivity index (χ4n) is 2.67. The number of hydrogen-bond acceptors (Lipinski definition) is 4. The molecule has 0 aliphatic heterocycles. The number of nitrogens with zero attached hydrogens (tertiary/aromatic N) is 3. The Balaban J connectivity index is 1.58. The lowest BCUT2D eigenvalue weighted by Crippen LogP contribution is -2.19. The Hall–Kier alpha value is -3.70. The minimum absolute atomic E-state index is 0.0179. The van der Waals surface area contributed by atoms with E-state index in [4.69, 9.17) is 0 Å². The molecule has 0 saturated heterocycles. The molecule has 0 bridgehead atoms. The van der Waals surface area contributed by atoms with Gasteiger partial charge in [0, 0.05) is 17.6 Å². The number of benzene rings is 1. The normalized spacial score (nSPS) is 11.9. The average molecular weight is 411 g/mol. The van der Waals surface area contributed by atoms with Crippen molar-refractivity contribution in [1.29, 1.82) is 0 Å². The highest BCUT2D eigenvalue weighted by molar-refractivity contribution is 6.11. The number of rotatable bonds is 4. The molecule has 0 unspecified atom stereocenters. The number of carbonyl (C=O) groups is 1. The molecule has 0 aliphatic carbocycles. The Morgan fingerprint density at radius 2 is 1.97 bits per heavy atom. The number of aromatic nitrogens is 4. The van der Waals surface area contributed by atoms with Gasteiger partial charge in [-0.05, 0) is 6.07 Å². The number of nitrogens with one attached hydrogen (secondary N) is 2. The molecule has 4 rings (SSSR count). The lowest BCUT2D eigenvalue weighted by atomic mass is 10.2. The molecule has 1 aromatic carbocycles. The van der Waals surface area contributed by atoms with Crippen molar-refractivity contribution in [3.8, 4) is 5.75 Å². The number of carbonyl (C=O) groups excluding carboxylic acids is 1. The van der Waals surface area contributed by atoms with Crippen molar-refractivity contribution in [2.24, 2.45) is 0 Å². The van der Waals surface area contributed by atoms with Gasteiger partial charge in [0.15, 0.2) is 29.6 Å². The zero-order valence-electron chi connectivity index (χ0n) is 14.2. The highest BCUT2D eigenvalue weighted by Crippen LogP contribution is 2.26. The maximum atomic E-state index is 13.5. The van der Waals surface area contributed by atoms with Gasteiger partial charge in [-0.25, -0.2) is 18.3 Å². The van der Waals surface area contributed by atoms with E-state index < -0.39 is 30.3 Å². The number of H-pyrrole nitrogens is 1. The first kappa shape index (κ1) is 18.7. The zero-order valence-corrected chi connectivity index (χ0v) is 14.2. The second-order valence-electron chi connectivity index (χ2n) is 5.99. The second kappa shape index (κ2) is 6.72. The van der Waals surface area contributed by atoms with Crippen molar-refractivity contribution in [1.82, 2.24) is 19.6 Å². The van der Waals surface area contributed by atoms with Crippen molar-refractivity contribution < 1.29 is 31.5 Å². The molecule has 3 heterocycles. The molecule has 3 aromatic heterocycles. The quantitative estimate of drug-likeness (QED) is 0.502. The molecule has 0 aliphatic rings. The summed E-state index contributed by atoms with van der Waals surface area (Å²) in [5, 5.41) is 6.66. The molecule has 4 aromatic rings. The van der Waals surface area contributed by atoms with Crippen LogP contribution in [0.2, 0.25) is 0 Å². The van der Waals surface area contributed by atoms with Crippen LogP contribution in [0.15, 0.2) is 36.9 Å². The molecule has 29 heavy (non-hydrogen) atoms. The molecule has 0 saturated carbocycles. The molecule has 0 radical (unpaired) electrons. The molecule has 2 N–H and O–H groups in total. The van der Waals surface area contributed by atoms with E-state index in [1.807, 2.05) is 0 Å². The van der Waals surface area contributed by atoms with E-state index in [0.717, 1.165) is 29.0 Å². The van der Waals surface area contributed by atoms with Crippen molar-refractivity contribution in [3.63, 3.8) is 0 Å². The van der Waals surface area contributed by atoms with Gasteiger partial charge in [0.2, 0.25) is 0 Å². The Bertz CT molecular complexity index is 1230. The molecule has 0 atom stereocenters. The van der Waals surface area contributed by atoms with Crippen LogP contribution in [0.3, 0.4) is 0 Å². The molecule has 0 fully saturated rings. The van der Waals surface area contributed by atoms with Crippen LogP contribution in [0.4, 0.5) is 27.6 Å². The van der Waals surface area contributed by atoms with Crippen LogP contribution in [-0.4, -0.2) is 38.3 Å². The fourth-order valence-corrected chi connectivity index (χ4v) is 2.67. The number of halogens is 5.